The van der Waals surface area contributed by atoms with Gasteiger partial charge in [0, 0.05) is 46.0 Å². The van der Waals surface area contributed by atoms with Crippen molar-refractivity contribution < 1.29 is 13.9 Å². The van der Waals surface area contributed by atoms with Crippen molar-refractivity contribution in [3.8, 4) is 11.5 Å². The molecule has 0 unspecified atom stereocenters. The number of likely N-dealkylation sites (tertiary alicyclic amines) is 1. The molecule has 1 aliphatic heterocycles. The lowest BCUT2D eigenvalue weighted by atomic mass is 10.1. The highest BCUT2D eigenvalue weighted by molar-refractivity contribution is 5.79. The summed E-state index contributed by atoms with van der Waals surface area (Å²) in [7, 11) is 3.53. The number of rotatable bonds is 8. The van der Waals surface area contributed by atoms with Crippen LogP contribution in [0.1, 0.15) is 25.0 Å². The van der Waals surface area contributed by atoms with E-state index in [1.165, 1.54) is 0 Å². The summed E-state index contributed by atoms with van der Waals surface area (Å²) in [5.41, 5.74) is 1.84. The molecule has 7 nitrogen and oxygen atoms in total. The number of hydrogen-bond donors (Lipinski definition) is 1. The van der Waals surface area contributed by atoms with Crippen molar-refractivity contribution >= 4 is 5.96 Å². The molecule has 0 bridgehead atoms. The Morgan fingerprint density at radius 3 is 2.75 bits per heavy atom. The van der Waals surface area contributed by atoms with E-state index >= 15 is 0 Å². The normalized spacial score (nSPS) is 15.8. The molecule has 2 aromatic rings. The minimum absolute atomic E-state index is 0.329. The van der Waals surface area contributed by atoms with E-state index in [-0.39, 0.29) is 0 Å². The van der Waals surface area contributed by atoms with Crippen molar-refractivity contribution in [1.82, 2.24) is 15.2 Å². The third-order valence-electron chi connectivity index (χ3n) is 4.80. The van der Waals surface area contributed by atoms with E-state index < -0.39 is 0 Å². The first-order valence-corrected chi connectivity index (χ1v) is 9.86. The standard InChI is InChI=1S/C21H30N4O3/c1-22-21(25-11-9-19(10-12-25)27-14-6-13-26-2)23-15-18-16-28-20(24-18)17-7-4-3-5-8-17/h3-5,7-8,16,19H,6,9-15H2,1-2H3,(H,22,23). The predicted octanol–water partition coefficient (Wildman–Crippen LogP) is 2.93. The first-order valence-electron chi connectivity index (χ1n) is 9.86. The SMILES string of the molecule is CN=C(NCc1coc(-c2ccccc2)n1)N1CCC(OCCCOC)CC1. The fraction of sp³-hybridized carbons (Fsp3) is 0.524. The molecule has 0 radical (unpaired) electrons. The highest BCUT2D eigenvalue weighted by atomic mass is 16.5. The molecule has 1 aliphatic rings. The predicted molar refractivity (Wildman–Crippen MR) is 109 cm³/mol. The highest BCUT2D eigenvalue weighted by Crippen LogP contribution is 2.18. The monoisotopic (exact) mass is 386 g/mol. The van der Waals surface area contributed by atoms with E-state index in [0.717, 1.165) is 62.8 Å². The average molecular weight is 386 g/mol. The second kappa shape index (κ2) is 10.8. The third-order valence-corrected chi connectivity index (χ3v) is 4.80. The smallest absolute Gasteiger partial charge is 0.226 e. The Labute approximate surface area is 166 Å². The van der Waals surface area contributed by atoms with E-state index in [2.05, 4.69) is 20.2 Å². The van der Waals surface area contributed by atoms with Crippen molar-refractivity contribution in [2.45, 2.75) is 31.9 Å². The lowest BCUT2D eigenvalue weighted by Gasteiger charge is -2.34. The topological polar surface area (TPSA) is 72.1 Å². The highest BCUT2D eigenvalue weighted by Gasteiger charge is 2.22. The summed E-state index contributed by atoms with van der Waals surface area (Å²) in [6.07, 6.45) is 4.99. The van der Waals surface area contributed by atoms with Crippen LogP contribution in [0.15, 0.2) is 46.0 Å². The summed E-state index contributed by atoms with van der Waals surface area (Å²) in [4.78, 5) is 11.2. The van der Waals surface area contributed by atoms with Gasteiger partial charge in [0.05, 0.1) is 18.3 Å². The van der Waals surface area contributed by atoms with Crippen LogP contribution in [0.5, 0.6) is 0 Å². The van der Waals surface area contributed by atoms with Gasteiger partial charge < -0.3 is 24.1 Å². The van der Waals surface area contributed by atoms with E-state index in [1.54, 1.807) is 13.4 Å². The van der Waals surface area contributed by atoms with Crippen LogP contribution in [0.3, 0.4) is 0 Å². The number of aliphatic imine (C=N–C) groups is 1. The lowest BCUT2D eigenvalue weighted by molar-refractivity contribution is 0.00989. The van der Waals surface area contributed by atoms with E-state index in [1.807, 2.05) is 37.4 Å². The molecule has 28 heavy (non-hydrogen) atoms. The van der Waals surface area contributed by atoms with Gasteiger partial charge in [0.1, 0.15) is 6.26 Å². The van der Waals surface area contributed by atoms with Crippen molar-refractivity contribution in [2.75, 3.05) is 40.5 Å². The Morgan fingerprint density at radius 1 is 1.25 bits per heavy atom. The molecule has 1 aromatic heterocycles. The lowest BCUT2D eigenvalue weighted by Crippen LogP contribution is -2.46. The molecule has 152 valence electrons. The number of ether oxygens (including phenoxy) is 2. The van der Waals surface area contributed by atoms with Gasteiger partial charge in [-0.1, -0.05) is 18.2 Å². The molecule has 0 saturated carbocycles. The van der Waals surface area contributed by atoms with Crippen LogP contribution in [-0.2, 0) is 16.0 Å². The summed E-state index contributed by atoms with van der Waals surface area (Å²) in [6.45, 7) is 3.96. The third kappa shape index (κ3) is 5.81. The van der Waals surface area contributed by atoms with Crippen LogP contribution in [0.2, 0.25) is 0 Å². The Balaban J connectivity index is 1.44. The molecule has 0 atom stereocenters. The van der Waals surface area contributed by atoms with E-state index in [9.17, 15) is 0 Å². The van der Waals surface area contributed by atoms with Gasteiger partial charge in [0.2, 0.25) is 5.89 Å². The van der Waals surface area contributed by atoms with Crippen LogP contribution in [0.4, 0.5) is 0 Å². The zero-order valence-corrected chi connectivity index (χ0v) is 16.8. The van der Waals surface area contributed by atoms with Crippen LogP contribution >= 0.6 is 0 Å². The van der Waals surface area contributed by atoms with E-state index in [0.29, 0.717) is 18.5 Å². The number of nitrogens with one attached hydrogen (secondary N) is 1. The Kier molecular flexibility index (Phi) is 7.87. The zero-order valence-electron chi connectivity index (χ0n) is 16.8. The van der Waals surface area contributed by atoms with Crippen LogP contribution in [0.25, 0.3) is 11.5 Å². The fourth-order valence-corrected chi connectivity index (χ4v) is 3.29. The first-order chi connectivity index (χ1) is 13.8. The number of guanidine groups is 1. The van der Waals surface area contributed by atoms with Crippen LogP contribution in [-0.4, -0.2) is 62.4 Å². The maximum Gasteiger partial charge on any atom is 0.226 e. The van der Waals surface area contributed by atoms with Crippen molar-refractivity contribution in [1.29, 1.82) is 0 Å². The molecule has 0 amide bonds. The van der Waals surface area contributed by atoms with Crippen LogP contribution in [0, 0.1) is 0 Å². The molecule has 7 heteroatoms. The molecule has 1 fully saturated rings. The molecular weight excluding hydrogens is 356 g/mol. The van der Waals surface area contributed by atoms with Crippen LogP contribution < -0.4 is 5.32 Å². The Bertz CT molecular complexity index is 724. The fourth-order valence-electron chi connectivity index (χ4n) is 3.29. The number of piperidine rings is 1. The van der Waals surface area contributed by atoms with Crippen molar-refractivity contribution in [3.05, 3.63) is 42.3 Å². The maximum atomic E-state index is 5.93. The van der Waals surface area contributed by atoms with Gasteiger partial charge >= 0.3 is 0 Å². The number of hydrogen-bond acceptors (Lipinski definition) is 5. The number of methoxy groups -OCH3 is 1. The van der Waals surface area contributed by atoms with Gasteiger partial charge in [-0.25, -0.2) is 4.98 Å². The van der Waals surface area contributed by atoms with Gasteiger partial charge in [-0.05, 0) is 31.4 Å². The van der Waals surface area contributed by atoms with Gasteiger partial charge in [0.25, 0.3) is 0 Å². The van der Waals surface area contributed by atoms with Gasteiger partial charge in [-0.2, -0.15) is 0 Å². The Hall–Kier alpha value is -2.38. The average Bonchev–Trinajstić information content (AvgIpc) is 3.22. The van der Waals surface area contributed by atoms with E-state index in [4.69, 9.17) is 13.9 Å². The molecule has 0 aliphatic carbocycles. The summed E-state index contributed by atoms with van der Waals surface area (Å²) in [6, 6.07) is 9.91. The summed E-state index contributed by atoms with van der Waals surface area (Å²) in [5, 5.41) is 3.39. The molecule has 2 heterocycles. The number of nitrogens with zero attached hydrogens (tertiary/aromatic N) is 3. The Morgan fingerprint density at radius 2 is 2.04 bits per heavy atom. The zero-order chi connectivity index (χ0) is 19.6. The molecule has 0 spiro atoms. The largest absolute Gasteiger partial charge is 0.444 e. The summed E-state index contributed by atoms with van der Waals surface area (Å²) >= 11 is 0. The molecular formula is C21H30N4O3. The second-order valence-electron chi connectivity index (χ2n) is 6.81. The second-order valence-corrected chi connectivity index (χ2v) is 6.81. The summed E-state index contributed by atoms with van der Waals surface area (Å²) in [5.74, 6) is 1.53. The van der Waals surface area contributed by atoms with Crippen molar-refractivity contribution in [3.63, 3.8) is 0 Å². The number of benzene rings is 1. The minimum Gasteiger partial charge on any atom is -0.444 e. The number of oxazole rings is 1. The minimum atomic E-state index is 0.329. The van der Waals surface area contributed by atoms with Gasteiger partial charge in [-0.3, -0.25) is 4.99 Å². The molecule has 1 aromatic carbocycles. The first kappa shape index (κ1) is 20.4. The van der Waals surface area contributed by atoms with Gasteiger partial charge in [-0.15, -0.1) is 0 Å². The molecule has 3 rings (SSSR count). The summed E-state index contributed by atoms with van der Waals surface area (Å²) < 4.78 is 16.6. The molecule has 1 saturated heterocycles. The molecule has 1 N–H and O–H groups in total. The maximum absolute atomic E-state index is 5.93. The van der Waals surface area contributed by atoms with Crippen molar-refractivity contribution in [2.24, 2.45) is 4.99 Å². The number of aromatic nitrogens is 1. The van der Waals surface area contributed by atoms with Gasteiger partial charge in [0.15, 0.2) is 5.96 Å². The quantitative estimate of drug-likeness (QED) is 0.427.